The van der Waals surface area contributed by atoms with Gasteiger partial charge in [-0.2, -0.15) is 0 Å². The van der Waals surface area contributed by atoms with E-state index in [0.717, 1.165) is 38.8 Å². The highest BCUT2D eigenvalue weighted by Gasteiger charge is 2.52. The largest absolute Gasteiger partial charge is 0.396 e. The third kappa shape index (κ3) is 2.52. The number of amides is 1. The van der Waals surface area contributed by atoms with Crippen LogP contribution in [0.2, 0.25) is 0 Å². The number of aliphatic hydroxyl groups is 1. The van der Waals surface area contributed by atoms with Crippen LogP contribution in [0.4, 0.5) is 0 Å². The van der Waals surface area contributed by atoms with Crippen molar-refractivity contribution in [1.29, 1.82) is 0 Å². The lowest BCUT2D eigenvalue weighted by atomic mass is 9.95. The van der Waals surface area contributed by atoms with Crippen LogP contribution in [-0.4, -0.2) is 35.6 Å². The van der Waals surface area contributed by atoms with E-state index in [1.165, 1.54) is 5.56 Å². The number of carbonyl (C=O) groups excluding carboxylic acids is 1. The third-order valence-corrected chi connectivity index (χ3v) is 4.52. The van der Waals surface area contributed by atoms with E-state index in [2.05, 4.69) is 12.1 Å². The molecule has 102 valence electrons. The van der Waals surface area contributed by atoms with Crippen LogP contribution in [0.15, 0.2) is 30.3 Å². The molecule has 3 heteroatoms. The quantitative estimate of drug-likeness (QED) is 0.896. The first-order valence-electron chi connectivity index (χ1n) is 7.18. The molecule has 1 aromatic rings. The fourth-order valence-corrected chi connectivity index (χ4v) is 3.11. The molecule has 0 aromatic heterocycles. The van der Waals surface area contributed by atoms with E-state index in [0.29, 0.717) is 5.91 Å². The number of benzene rings is 1. The summed E-state index contributed by atoms with van der Waals surface area (Å²) in [6, 6.07) is 10.3. The Bertz CT molecular complexity index is 453. The van der Waals surface area contributed by atoms with Gasteiger partial charge in [0, 0.05) is 25.6 Å². The van der Waals surface area contributed by atoms with Crippen molar-refractivity contribution in [2.24, 2.45) is 11.3 Å². The summed E-state index contributed by atoms with van der Waals surface area (Å²) in [5.74, 6) is 0.601. The minimum atomic E-state index is -0.133. The monoisotopic (exact) mass is 259 g/mol. The molecule has 0 radical (unpaired) electrons. The second kappa shape index (κ2) is 4.97. The molecular formula is C16H21NO2. The fourth-order valence-electron chi connectivity index (χ4n) is 3.11. The minimum Gasteiger partial charge on any atom is -0.396 e. The van der Waals surface area contributed by atoms with Gasteiger partial charge in [-0.25, -0.2) is 0 Å². The summed E-state index contributed by atoms with van der Waals surface area (Å²) in [7, 11) is 0. The average molecular weight is 259 g/mol. The zero-order valence-electron chi connectivity index (χ0n) is 11.2. The lowest BCUT2D eigenvalue weighted by molar-refractivity contribution is -0.136. The predicted octanol–water partition coefficient (Wildman–Crippen LogP) is 1.85. The lowest BCUT2D eigenvalue weighted by Crippen LogP contribution is -2.36. The van der Waals surface area contributed by atoms with Crippen molar-refractivity contribution in [2.75, 3.05) is 19.7 Å². The smallest absolute Gasteiger partial charge is 0.229 e. The second-order valence-corrected chi connectivity index (χ2v) is 6.03. The Hall–Kier alpha value is -1.35. The summed E-state index contributed by atoms with van der Waals surface area (Å²) < 4.78 is 0. The van der Waals surface area contributed by atoms with E-state index in [-0.39, 0.29) is 17.9 Å². The number of likely N-dealkylation sites (tertiary alicyclic amines) is 1. The molecule has 0 unspecified atom stereocenters. The zero-order valence-corrected chi connectivity index (χ0v) is 11.2. The van der Waals surface area contributed by atoms with Crippen molar-refractivity contribution in [3.8, 4) is 0 Å². The van der Waals surface area contributed by atoms with Crippen LogP contribution < -0.4 is 0 Å². The van der Waals surface area contributed by atoms with Crippen molar-refractivity contribution in [2.45, 2.75) is 25.7 Å². The van der Waals surface area contributed by atoms with Crippen molar-refractivity contribution in [3.63, 3.8) is 0 Å². The normalized spacial score (nSPS) is 24.5. The molecule has 1 saturated heterocycles. The Morgan fingerprint density at radius 3 is 2.63 bits per heavy atom. The SMILES string of the molecule is O=C(N1CC[C@H](CO)C1)C1(Cc2ccccc2)CC1. The van der Waals surface area contributed by atoms with Crippen LogP contribution in [0.5, 0.6) is 0 Å². The van der Waals surface area contributed by atoms with E-state index in [1.54, 1.807) is 0 Å². The summed E-state index contributed by atoms with van der Waals surface area (Å²) >= 11 is 0. The molecule has 2 fully saturated rings. The Morgan fingerprint density at radius 1 is 1.32 bits per heavy atom. The van der Waals surface area contributed by atoms with E-state index in [9.17, 15) is 9.90 Å². The summed E-state index contributed by atoms with van der Waals surface area (Å²) in [6.07, 6.45) is 3.85. The van der Waals surface area contributed by atoms with Gasteiger partial charge in [0.15, 0.2) is 0 Å². The van der Waals surface area contributed by atoms with Gasteiger partial charge in [-0.1, -0.05) is 30.3 Å². The molecular weight excluding hydrogens is 238 g/mol. The number of hydrogen-bond donors (Lipinski definition) is 1. The molecule has 1 saturated carbocycles. The summed E-state index contributed by atoms with van der Waals surface area (Å²) in [5.41, 5.74) is 1.12. The maximum Gasteiger partial charge on any atom is 0.229 e. The maximum atomic E-state index is 12.6. The Morgan fingerprint density at radius 2 is 2.05 bits per heavy atom. The zero-order chi connectivity index (χ0) is 13.3. The highest BCUT2D eigenvalue weighted by molar-refractivity contribution is 5.86. The highest BCUT2D eigenvalue weighted by Crippen LogP contribution is 2.50. The van der Waals surface area contributed by atoms with Crippen molar-refractivity contribution in [1.82, 2.24) is 4.90 Å². The molecule has 1 aliphatic carbocycles. The van der Waals surface area contributed by atoms with Crippen LogP contribution >= 0.6 is 0 Å². The van der Waals surface area contributed by atoms with Gasteiger partial charge >= 0.3 is 0 Å². The molecule has 1 heterocycles. The molecule has 19 heavy (non-hydrogen) atoms. The van der Waals surface area contributed by atoms with Crippen molar-refractivity contribution in [3.05, 3.63) is 35.9 Å². The van der Waals surface area contributed by atoms with Gasteiger partial charge in [-0.15, -0.1) is 0 Å². The minimum absolute atomic E-state index is 0.133. The Kier molecular flexibility index (Phi) is 3.31. The second-order valence-electron chi connectivity index (χ2n) is 6.03. The fraction of sp³-hybridized carbons (Fsp3) is 0.562. The predicted molar refractivity (Wildman–Crippen MR) is 73.6 cm³/mol. The van der Waals surface area contributed by atoms with E-state index in [1.807, 2.05) is 23.1 Å². The van der Waals surface area contributed by atoms with Crippen LogP contribution in [0, 0.1) is 11.3 Å². The Balaban J connectivity index is 1.66. The average Bonchev–Trinajstić information content (AvgIpc) is 3.06. The maximum absolute atomic E-state index is 12.6. The summed E-state index contributed by atoms with van der Waals surface area (Å²) in [5, 5.41) is 9.18. The number of hydrogen-bond acceptors (Lipinski definition) is 2. The number of aliphatic hydroxyl groups excluding tert-OH is 1. The number of nitrogens with zero attached hydrogens (tertiary/aromatic N) is 1. The number of carbonyl (C=O) groups is 1. The first-order chi connectivity index (χ1) is 9.23. The molecule has 0 spiro atoms. The third-order valence-electron chi connectivity index (χ3n) is 4.52. The first kappa shape index (κ1) is 12.7. The molecule has 0 bridgehead atoms. The molecule has 2 aliphatic rings. The van der Waals surface area contributed by atoms with Crippen LogP contribution in [0.3, 0.4) is 0 Å². The topological polar surface area (TPSA) is 40.5 Å². The van der Waals surface area contributed by atoms with Crippen LogP contribution in [0.1, 0.15) is 24.8 Å². The highest BCUT2D eigenvalue weighted by atomic mass is 16.3. The van der Waals surface area contributed by atoms with Crippen molar-refractivity contribution >= 4 is 5.91 Å². The molecule has 1 aromatic carbocycles. The van der Waals surface area contributed by atoms with Gasteiger partial charge in [0.1, 0.15) is 0 Å². The molecule has 1 aliphatic heterocycles. The molecule has 3 rings (SSSR count). The van der Waals surface area contributed by atoms with Crippen LogP contribution in [0.25, 0.3) is 0 Å². The Labute approximate surface area is 114 Å². The number of rotatable bonds is 4. The van der Waals surface area contributed by atoms with Gasteiger partial charge in [-0.3, -0.25) is 4.79 Å². The molecule has 1 amide bonds. The lowest BCUT2D eigenvalue weighted by Gasteiger charge is -2.23. The van der Waals surface area contributed by atoms with E-state index in [4.69, 9.17) is 0 Å². The van der Waals surface area contributed by atoms with Gasteiger partial charge in [0.2, 0.25) is 5.91 Å². The van der Waals surface area contributed by atoms with E-state index >= 15 is 0 Å². The van der Waals surface area contributed by atoms with Gasteiger partial charge < -0.3 is 10.0 Å². The van der Waals surface area contributed by atoms with Gasteiger partial charge in [-0.05, 0) is 31.2 Å². The van der Waals surface area contributed by atoms with Crippen LogP contribution in [-0.2, 0) is 11.2 Å². The summed E-state index contributed by atoms with van der Waals surface area (Å²) in [6.45, 7) is 1.77. The first-order valence-corrected chi connectivity index (χ1v) is 7.18. The standard InChI is InChI=1S/C16H21NO2/c18-12-14-6-9-17(11-14)15(19)16(7-8-16)10-13-4-2-1-3-5-13/h1-5,14,18H,6-12H2/t14-/m0/s1. The van der Waals surface area contributed by atoms with Crippen molar-refractivity contribution < 1.29 is 9.90 Å². The molecule has 1 atom stereocenters. The van der Waals surface area contributed by atoms with E-state index < -0.39 is 0 Å². The molecule has 3 nitrogen and oxygen atoms in total. The summed E-state index contributed by atoms with van der Waals surface area (Å²) in [4.78, 5) is 14.6. The van der Waals surface area contributed by atoms with Gasteiger partial charge in [0.25, 0.3) is 0 Å². The molecule has 1 N–H and O–H groups in total. The van der Waals surface area contributed by atoms with Gasteiger partial charge in [0.05, 0.1) is 5.41 Å².